The minimum Gasteiger partial charge on any atom is -0.497 e. The summed E-state index contributed by atoms with van der Waals surface area (Å²) in [5, 5.41) is 0. The molecule has 2 nitrogen and oxygen atoms in total. The van der Waals surface area contributed by atoms with Crippen molar-refractivity contribution in [1.29, 1.82) is 0 Å². The first-order valence-electron chi connectivity index (χ1n) is 9.80. The van der Waals surface area contributed by atoms with Crippen LogP contribution in [0.2, 0.25) is 0 Å². The van der Waals surface area contributed by atoms with Crippen LogP contribution in [-0.2, 0) is 0 Å². The Labute approximate surface area is 190 Å². The Kier molecular flexibility index (Phi) is 5.23. The predicted molar refractivity (Wildman–Crippen MR) is 128 cm³/mol. The van der Waals surface area contributed by atoms with Crippen molar-refractivity contribution in [3.8, 4) is 11.5 Å². The van der Waals surface area contributed by atoms with Crippen molar-refractivity contribution in [1.82, 2.24) is 0 Å². The Balaban J connectivity index is 1.87. The molecule has 0 N–H and O–H groups in total. The third-order valence-electron chi connectivity index (χ3n) is 6.51. The van der Waals surface area contributed by atoms with E-state index in [2.05, 4.69) is 96.0 Å². The average Bonchev–Trinajstić information content (AvgIpc) is 3.18. The van der Waals surface area contributed by atoms with Gasteiger partial charge in [-0.3, -0.25) is 0 Å². The van der Waals surface area contributed by atoms with Crippen molar-refractivity contribution in [2.45, 2.75) is 39.5 Å². The molecule has 29 heavy (non-hydrogen) atoms. The highest BCUT2D eigenvalue weighted by molar-refractivity contribution is 9.10. The van der Waals surface area contributed by atoms with Crippen LogP contribution in [0.15, 0.2) is 44.4 Å². The summed E-state index contributed by atoms with van der Waals surface area (Å²) >= 11 is 7.50. The van der Waals surface area contributed by atoms with Crippen molar-refractivity contribution in [2.24, 2.45) is 5.41 Å². The van der Waals surface area contributed by atoms with E-state index >= 15 is 0 Å². The standard InChI is InChI=1S/C25H26Br2O2/c1-13-7-17-19(9-15(28-5)11-21(17)26)23(13)25(3,4)24-14(2)8-18-20(24)10-16(29-6)12-22(18)27/h7-12,23-24H,1-6H3. The van der Waals surface area contributed by atoms with Gasteiger partial charge in [-0.25, -0.2) is 0 Å². The van der Waals surface area contributed by atoms with Gasteiger partial charge in [0.1, 0.15) is 11.5 Å². The van der Waals surface area contributed by atoms with Gasteiger partial charge in [0.2, 0.25) is 0 Å². The molecule has 2 aliphatic rings. The minimum atomic E-state index is -0.0325. The zero-order valence-corrected chi connectivity index (χ0v) is 20.9. The Bertz CT molecular complexity index is 979. The second-order valence-corrected chi connectivity index (χ2v) is 10.4. The number of rotatable bonds is 4. The molecule has 2 atom stereocenters. The third kappa shape index (κ3) is 3.19. The Morgan fingerprint density at radius 2 is 1.10 bits per heavy atom. The summed E-state index contributed by atoms with van der Waals surface area (Å²) in [6, 6.07) is 8.51. The van der Waals surface area contributed by atoms with E-state index in [9.17, 15) is 0 Å². The van der Waals surface area contributed by atoms with Gasteiger partial charge in [-0.05, 0) is 65.8 Å². The second-order valence-electron chi connectivity index (χ2n) is 8.69. The third-order valence-corrected chi connectivity index (χ3v) is 7.82. The SMILES string of the molecule is COc1cc(Br)c2c(c1)C(C(C)(C)C1C(C)=Cc3c(Br)cc(OC)cc31)C(C)=C2. The summed E-state index contributed by atoms with van der Waals surface area (Å²) < 4.78 is 13.3. The molecule has 4 rings (SSSR count). The maximum atomic E-state index is 5.58. The molecule has 2 unspecified atom stereocenters. The van der Waals surface area contributed by atoms with Crippen LogP contribution < -0.4 is 9.47 Å². The summed E-state index contributed by atoms with van der Waals surface area (Å²) in [5.74, 6) is 2.38. The highest BCUT2D eigenvalue weighted by Gasteiger charge is 2.46. The number of methoxy groups -OCH3 is 2. The van der Waals surface area contributed by atoms with Gasteiger partial charge in [-0.2, -0.15) is 0 Å². The molecule has 0 bridgehead atoms. The van der Waals surface area contributed by atoms with E-state index in [0.717, 1.165) is 20.4 Å². The van der Waals surface area contributed by atoms with E-state index in [1.807, 2.05) is 0 Å². The summed E-state index contributed by atoms with van der Waals surface area (Å²) in [6.07, 6.45) is 4.64. The van der Waals surface area contributed by atoms with Crippen molar-refractivity contribution >= 4 is 44.0 Å². The van der Waals surface area contributed by atoms with Crippen LogP contribution in [0.4, 0.5) is 0 Å². The molecule has 2 aliphatic carbocycles. The largest absolute Gasteiger partial charge is 0.497 e. The fourth-order valence-corrected chi connectivity index (χ4v) is 6.64. The first-order chi connectivity index (χ1) is 13.7. The summed E-state index contributed by atoms with van der Waals surface area (Å²) in [4.78, 5) is 0. The number of benzene rings is 2. The number of hydrogen-bond acceptors (Lipinski definition) is 2. The van der Waals surface area contributed by atoms with Gasteiger partial charge in [0.05, 0.1) is 14.2 Å². The molecule has 0 saturated carbocycles. The fourth-order valence-electron chi connectivity index (χ4n) is 5.50. The molecule has 152 valence electrons. The molecule has 2 aromatic rings. The van der Waals surface area contributed by atoms with E-state index in [-0.39, 0.29) is 5.41 Å². The molecular weight excluding hydrogens is 492 g/mol. The Morgan fingerprint density at radius 1 is 0.724 bits per heavy atom. The first kappa shape index (κ1) is 20.7. The molecule has 0 fully saturated rings. The molecule has 0 heterocycles. The topological polar surface area (TPSA) is 18.5 Å². The highest BCUT2D eigenvalue weighted by Crippen LogP contribution is 2.60. The molecule has 2 aromatic carbocycles. The fraction of sp³-hybridized carbons (Fsp3) is 0.360. The monoisotopic (exact) mass is 516 g/mol. The molecule has 0 saturated heterocycles. The molecular formula is C25H26Br2O2. The average molecular weight is 518 g/mol. The van der Waals surface area contributed by atoms with Crippen LogP contribution in [0, 0.1) is 5.41 Å². The van der Waals surface area contributed by atoms with Crippen molar-refractivity contribution < 1.29 is 9.47 Å². The van der Waals surface area contributed by atoms with Crippen LogP contribution in [0.5, 0.6) is 11.5 Å². The summed E-state index contributed by atoms with van der Waals surface area (Å²) in [5.41, 5.74) is 7.96. The Morgan fingerprint density at radius 3 is 1.45 bits per heavy atom. The molecule has 0 aromatic heterocycles. The van der Waals surface area contributed by atoms with Crippen LogP contribution in [0.25, 0.3) is 12.2 Å². The summed E-state index contributed by atoms with van der Waals surface area (Å²) in [7, 11) is 3.46. The van der Waals surface area contributed by atoms with Crippen molar-refractivity contribution in [2.75, 3.05) is 14.2 Å². The van der Waals surface area contributed by atoms with Gasteiger partial charge in [0.15, 0.2) is 0 Å². The maximum Gasteiger partial charge on any atom is 0.120 e. The first-order valence-corrected chi connectivity index (χ1v) is 11.4. The lowest BCUT2D eigenvalue weighted by atomic mass is 9.62. The number of halogens is 2. The van der Waals surface area contributed by atoms with Gasteiger partial charge in [0.25, 0.3) is 0 Å². The van der Waals surface area contributed by atoms with E-state index in [4.69, 9.17) is 9.47 Å². The van der Waals surface area contributed by atoms with Crippen LogP contribution in [-0.4, -0.2) is 14.2 Å². The zero-order valence-electron chi connectivity index (χ0n) is 17.7. The van der Waals surface area contributed by atoms with Gasteiger partial charge in [-0.15, -0.1) is 0 Å². The molecule has 0 amide bonds. The van der Waals surface area contributed by atoms with Gasteiger partial charge in [-0.1, -0.05) is 69.0 Å². The maximum absolute atomic E-state index is 5.58. The number of hydrogen-bond donors (Lipinski definition) is 0. The van der Waals surface area contributed by atoms with Crippen molar-refractivity contribution in [3.05, 3.63) is 66.6 Å². The van der Waals surface area contributed by atoms with Gasteiger partial charge in [0, 0.05) is 20.8 Å². The van der Waals surface area contributed by atoms with Gasteiger partial charge < -0.3 is 9.47 Å². The second kappa shape index (κ2) is 7.31. The smallest absolute Gasteiger partial charge is 0.120 e. The van der Waals surface area contributed by atoms with Crippen molar-refractivity contribution in [3.63, 3.8) is 0 Å². The lowest BCUT2D eigenvalue weighted by Crippen LogP contribution is -2.29. The highest BCUT2D eigenvalue weighted by atomic mass is 79.9. The van der Waals surface area contributed by atoms with E-state index in [0.29, 0.717) is 11.8 Å². The Hall–Kier alpha value is -1.52. The van der Waals surface area contributed by atoms with Crippen LogP contribution in [0.3, 0.4) is 0 Å². The van der Waals surface area contributed by atoms with E-state index < -0.39 is 0 Å². The minimum absolute atomic E-state index is 0.0325. The lowest BCUT2D eigenvalue weighted by Gasteiger charge is -2.41. The van der Waals surface area contributed by atoms with Crippen LogP contribution >= 0.6 is 31.9 Å². The number of fused-ring (bicyclic) bond motifs is 2. The zero-order chi connectivity index (χ0) is 21.1. The van der Waals surface area contributed by atoms with Crippen LogP contribution in [0.1, 0.15) is 61.8 Å². The molecule has 0 aliphatic heterocycles. The lowest BCUT2D eigenvalue weighted by molar-refractivity contribution is 0.274. The molecule has 0 radical (unpaired) electrons. The van der Waals surface area contributed by atoms with E-state index in [1.54, 1.807) is 14.2 Å². The van der Waals surface area contributed by atoms with E-state index in [1.165, 1.54) is 33.4 Å². The number of ether oxygens (including phenoxy) is 2. The quantitative estimate of drug-likeness (QED) is 0.409. The van der Waals surface area contributed by atoms with Gasteiger partial charge >= 0.3 is 0 Å². The molecule has 4 heteroatoms. The summed E-state index contributed by atoms with van der Waals surface area (Å²) in [6.45, 7) is 9.29. The number of allylic oxidation sites excluding steroid dienone is 2. The predicted octanol–water partition coefficient (Wildman–Crippen LogP) is 7.96. The normalized spacial score (nSPS) is 20.1. The molecule has 0 spiro atoms.